The first-order chi connectivity index (χ1) is 14.5. The Labute approximate surface area is 184 Å². The van der Waals surface area contributed by atoms with Gasteiger partial charge in [-0.2, -0.15) is 16.6 Å². The first kappa shape index (κ1) is 22.1. The van der Waals surface area contributed by atoms with Gasteiger partial charge in [-0.25, -0.2) is 4.79 Å². The molecule has 2 aromatic heterocycles. The van der Waals surface area contributed by atoms with Crippen LogP contribution in [-0.4, -0.2) is 36.6 Å². The van der Waals surface area contributed by atoms with Crippen LogP contribution >= 0.6 is 22.7 Å². The zero-order valence-corrected chi connectivity index (χ0v) is 18.8. The second-order valence-electron chi connectivity index (χ2n) is 7.06. The number of hydrogen-bond acceptors (Lipinski definition) is 6. The van der Waals surface area contributed by atoms with Crippen LogP contribution in [0.5, 0.6) is 0 Å². The van der Waals surface area contributed by atoms with E-state index in [0.717, 1.165) is 35.3 Å². The van der Waals surface area contributed by atoms with Crippen LogP contribution in [0.4, 0.5) is 9.80 Å². The Kier molecular flexibility index (Phi) is 7.66. The van der Waals surface area contributed by atoms with Gasteiger partial charge in [0.15, 0.2) is 0 Å². The topological polar surface area (TPSA) is 82.4 Å². The molecule has 1 aliphatic rings. The molecule has 0 spiro atoms. The average molecular weight is 444 g/mol. The zero-order chi connectivity index (χ0) is 21.5. The van der Waals surface area contributed by atoms with E-state index in [4.69, 9.17) is 4.74 Å². The normalized spacial score (nSPS) is 15.4. The fourth-order valence-corrected chi connectivity index (χ4v) is 5.40. The van der Waals surface area contributed by atoms with E-state index >= 15 is 0 Å². The van der Waals surface area contributed by atoms with E-state index in [0.29, 0.717) is 30.3 Å². The van der Waals surface area contributed by atoms with E-state index in [2.05, 4.69) is 11.4 Å². The quantitative estimate of drug-likeness (QED) is 0.616. The molecule has 2 aromatic rings. The molecule has 0 aliphatic heterocycles. The summed E-state index contributed by atoms with van der Waals surface area (Å²) in [7, 11) is 0. The number of anilines is 1. The van der Waals surface area contributed by atoms with Crippen LogP contribution in [0.15, 0.2) is 22.9 Å². The maximum Gasteiger partial charge on any atom is 0.409 e. The monoisotopic (exact) mass is 443 g/mol. The summed E-state index contributed by atoms with van der Waals surface area (Å²) in [6.07, 6.45) is 5.32. The van der Waals surface area contributed by atoms with E-state index in [-0.39, 0.29) is 17.9 Å². The van der Waals surface area contributed by atoms with Crippen molar-refractivity contribution in [3.63, 3.8) is 0 Å². The Hall–Kier alpha value is -2.63. The Balaban J connectivity index is 1.63. The lowest BCUT2D eigenvalue weighted by Crippen LogP contribution is -2.33. The largest absolute Gasteiger partial charge is 0.449 e. The maximum absolute atomic E-state index is 12.3. The number of amides is 2. The highest BCUT2D eigenvalue weighted by Crippen LogP contribution is 2.39. The van der Waals surface area contributed by atoms with Crippen LogP contribution in [-0.2, 0) is 22.4 Å². The van der Waals surface area contributed by atoms with E-state index in [9.17, 15) is 14.9 Å². The maximum atomic E-state index is 12.3. The molecule has 1 atom stereocenters. The summed E-state index contributed by atoms with van der Waals surface area (Å²) in [6, 6.07) is 4.19. The van der Waals surface area contributed by atoms with Crippen LogP contribution in [0, 0.1) is 17.2 Å². The third-order valence-electron chi connectivity index (χ3n) is 5.15. The third-order valence-corrected chi connectivity index (χ3v) is 7.02. The molecule has 1 aliphatic carbocycles. The lowest BCUT2D eigenvalue weighted by molar-refractivity contribution is -0.111. The van der Waals surface area contributed by atoms with E-state index < -0.39 is 0 Å². The van der Waals surface area contributed by atoms with E-state index in [1.54, 1.807) is 22.3 Å². The fraction of sp³-hybridized carbons (Fsp3) is 0.409. The zero-order valence-electron chi connectivity index (χ0n) is 17.1. The number of carbonyl (C=O) groups is 2. The molecule has 6 nitrogen and oxygen atoms in total. The molecule has 1 unspecified atom stereocenters. The smallest absolute Gasteiger partial charge is 0.409 e. The van der Waals surface area contributed by atoms with Gasteiger partial charge >= 0.3 is 6.09 Å². The van der Waals surface area contributed by atoms with Crippen molar-refractivity contribution in [2.45, 2.75) is 33.1 Å². The van der Waals surface area contributed by atoms with Gasteiger partial charge in [-0.15, -0.1) is 11.3 Å². The molecule has 0 radical (unpaired) electrons. The number of thiophene rings is 2. The standard InChI is InChI=1S/C22H25N3O3S2/c1-3-25(4-2)22(27)28-13-16-5-7-17-18(12-23)21(30-19(17)11-16)24-20(26)8-6-15-9-10-29-14-15/h6,8-10,14,16H,3-5,7,11,13H2,1-2H3,(H,24,26)/b8-6+. The van der Waals surface area contributed by atoms with Crippen molar-refractivity contribution in [2.75, 3.05) is 25.0 Å². The van der Waals surface area contributed by atoms with Crippen LogP contribution in [0.25, 0.3) is 6.08 Å². The lowest BCUT2D eigenvalue weighted by Gasteiger charge is -2.24. The van der Waals surface area contributed by atoms with Gasteiger partial charge in [0.2, 0.25) is 5.91 Å². The molecule has 0 fully saturated rings. The predicted octanol–water partition coefficient (Wildman–Crippen LogP) is 4.92. The van der Waals surface area contributed by atoms with Gasteiger partial charge in [-0.1, -0.05) is 0 Å². The lowest BCUT2D eigenvalue weighted by atomic mass is 9.88. The summed E-state index contributed by atoms with van der Waals surface area (Å²) in [6.45, 7) is 5.49. The predicted molar refractivity (Wildman–Crippen MR) is 121 cm³/mol. The second-order valence-corrected chi connectivity index (χ2v) is 8.94. The average Bonchev–Trinajstić information content (AvgIpc) is 3.38. The van der Waals surface area contributed by atoms with Gasteiger partial charge in [-0.3, -0.25) is 4.79 Å². The molecule has 2 amide bonds. The van der Waals surface area contributed by atoms with Crippen molar-refractivity contribution in [3.8, 4) is 6.07 Å². The number of hydrogen-bond donors (Lipinski definition) is 1. The summed E-state index contributed by atoms with van der Waals surface area (Å²) in [5.41, 5.74) is 2.56. The van der Waals surface area contributed by atoms with Gasteiger partial charge in [0, 0.05) is 24.0 Å². The molecule has 0 saturated carbocycles. The SMILES string of the molecule is CCN(CC)C(=O)OCC1CCc2c(sc(NC(=O)/C=C/c3ccsc3)c2C#N)C1. The summed E-state index contributed by atoms with van der Waals surface area (Å²) >= 11 is 3.03. The van der Waals surface area contributed by atoms with Gasteiger partial charge in [0.25, 0.3) is 0 Å². The van der Waals surface area contributed by atoms with Gasteiger partial charge < -0.3 is 15.0 Å². The molecule has 0 aromatic carbocycles. The van der Waals surface area contributed by atoms with Crippen LogP contribution < -0.4 is 5.32 Å². The number of carbonyl (C=O) groups excluding carboxylic acids is 2. The van der Waals surface area contributed by atoms with Crippen molar-refractivity contribution in [2.24, 2.45) is 5.92 Å². The Morgan fingerprint density at radius 3 is 2.87 bits per heavy atom. The van der Waals surface area contributed by atoms with Crippen molar-refractivity contribution < 1.29 is 14.3 Å². The molecule has 158 valence electrons. The molecule has 2 heterocycles. The van der Waals surface area contributed by atoms with E-state index in [1.807, 2.05) is 30.7 Å². The second kappa shape index (κ2) is 10.4. The van der Waals surface area contributed by atoms with Gasteiger partial charge in [0.05, 0.1) is 12.2 Å². The Morgan fingerprint density at radius 2 is 2.20 bits per heavy atom. The highest BCUT2D eigenvalue weighted by molar-refractivity contribution is 7.16. The number of fused-ring (bicyclic) bond motifs is 1. The summed E-state index contributed by atoms with van der Waals surface area (Å²) < 4.78 is 5.48. The number of nitrogens with one attached hydrogen (secondary N) is 1. The van der Waals surface area contributed by atoms with Gasteiger partial charge in [0.1, 0.15) is 11.1 Å². The first-order valence-electron chi connectivity index (χ1n) is 10.0. The minimum Gasteiger partial charge on any atom is -0.449 e. The molecule has 0 bridgehead atoms. The van der Waals surface area contributed by atoms with E-state index in [1.165, 1.54) is 17.4 Å². The summed E-state index contributed by atoms with van der Waals surface area (Å²) in [5.74, 6) is -0.0229. The minimum absolute atomic E-state index is 0.226. The summed E-state index contributed by atoms with van der Waals surface area (Å²) in [5, 5.41) is 17.0. The number of nitriles is 1. The van der Waals surface area contributed by atoms with Gasteiger partial charge in [-0.05, 0) is 73.1 Å². The molecule has 0 saturated heterocycles. The highest BCUT2D eigenvalue weighted by atomic mass is 32.1. The number of ether oxygens (including phenoxy) is 1. The van der Waals surface area contributed by atoms with Crippen molar-refractivity contribution in [1.82, 2.24) is 4.90 Å². The van der Waals surface area contributed by atoms with Crippen molar-refractivity contribution in [3.05, 3.63) is 44.5 Å². The Bertz CT molecular complexity index is 953. The van der Waals surface area contributed by atoms with Crippen LogP contribution in [0.3, 0.4) is 0 Å². The number of rotatable bonds is 7. The molecule has 30 heavy (non-hydrogen) atoms. The summed E-state index contributed by atoms with van der Waals surface area (Å²) in [4.78, 5) is 27.1. The highest BCUT2D eigenvalue weighted by Gasteiger charge is 2.27. The molecule has 1 N–H and O–H groups in total. The third kappa shape index (κ3) is 5.29. The molecular formula is C22H25N3O3S2. The molecule has 3 rings (SSSR count). The minimum atomic E-state index is -0.278. The number of nitrogens with zero attached hydrogens (tertiary/aromatic N) is 2. The molecule has 8 heteroatoms. The fourth-order valence-electron chi connectivity index (χ4n) is 3.46. The van der Waals surface area contributed by atoms with Crippen molar-refractivity contribution >= 4 is 45.8 Å². The molecular weight excluding hydrogens is 418 g/mol. The van der Waals surface area contributed by atoms with Crippen molar-refractivity contribution in [1.29, 1.82) is 5.26 Å². The first-order valence-corrected chi connectivity index (χ1v) is 11.8. The van der Waals surface area contributed by atoms with Crippen LogP contribution in [0.1, 0.15) is 41.8 Å². The Morgan fingerprint density at radius 1 is 1.40 bits per heavy atom. The van der Waals surface area contributed by atoms with Crippen LogP contribution in [0.2, 0.25) is 0 Å².